The third-order valence-electron chi connectivity index (χ3n) is 9.36. The number of amides is 1. The molecule has 0 bridgehead atoms. The number of allylic oxidation sites excluding steroid dienone is 9. The molecule has 1 aliphatic rings. The maximum absolute atomic E-state index is 12.8. The Bertz CT molecular complexity index is 994. The number of hydrogen-bond acceptors (Lipinski definition) is 8. The molecule has 1 fully saturated rings. The van der Waals surface area contributed by atoms with Crippen molar-refractivity contribution in [2.24, 2.45) is 0 Å². The molecule has 0 radical (unpaired) electrons. The van der Waals surface area contributed by atoms with E-state index in [9.17, 15) is 30.3 Å². The quantitative estimate of drug-likeness (QED) is 0.0305. The highest BCUT2D eigenvalue weighted by atomic mass is 16.7. The number of rotatable bonds is 32. The van der Waals surface area contributed by atoms with Crippen molar-refractivity contribution in [3.63, 3.8) is 0 Å². The van der Waals surface area contributed by atoms with Crippen LogP contribution in [0.25, 0.3) is 0 Å². The Balaban J connectivity index is 2.48. The van der Waals surface area contributed by atoms with Gasteiger partial charge in [0.15, 0.2) is 6.29 Å². The molecule has 0 spiro atoms. The van der Waals surface area contributed by atoms with Crippen LogP contribution in [0.15, 0.2) is 60.8 Å². The second-order valence-electron chi connectivity index (χ2n) is 14.0. The van der Waals surface area contributed by atoms with Crippen LogP contribution in [-0.2, 0) is 14.3 Å². The van der Waals surface area contributed by atoms with E-state index < -0.39 is 49.5 Å². The first-order valence-corrected chi connectivity index (χ1v) is 20.5. The number of ether oxygens (including phenoxy) is 2. The minimum atomic E-state index is -1.58. The normalized spacial score (nSPS) is 22.5. The van der Waals surface area contributed by atoms with Gasteiger partial charge in [-0.1, -0.05) is 158 Å². The molecular weight excluding hydrogens is 658 g/mol. The van der Waals surface area contributed by atoms with Crippen LogP contribution in [0, 0.1) is 0 Å². The predicted octanol–water partition coefficient (Wildman–Crippen LogP) is 7.66. The van der Waals surface area contributed by atoms with Crippen LogP contribution in [0.3, 0.4) is 0 Å². The van der Waals surface area contributed by atoms with Crippen LogP contribution in [-0.4, -0.2) is 87.5 Å². The smallest absolute Gasteiger partial charge is 0.220 e. The predicted molar refractivity (Wildman–Crippen MR) is 212 cm³/mol. The zero-order valence-electron chi connectivity index (χ0n) is 32.5. The summed E-state index contributed by atoms with van der Waals surface area (Å²) in [6.07, 6.45) is 35.6. The van der Waals surface area contributed by atoms with E-state index in [1.54, 1.807) is 6.08 Å². The van der Waals surface area contributed by atoms with Crippen LogP contribution in [0.4, 0.5) is 0 Å². The van der Waals surface area contributed by atoms with Gasteiger partial charge in [-0.05, 0) is 44.9 Å². The second-order valence-corrected chi connectivity index (χ2v) is 14.0. The van der Waals surface area contributed by atoms with Crippen LogP contribution in [0.1, 0.15) is 149 Å². The summed E-state index contributed by atoms with van der Waals surface area (Å²) >= 11 is 0. The van der Waals surface area contributed by atoms with Gasteiger partial charge in [-0.15, -0.1) is 0 Å². The fraction of sp³-hybridized carbons (Fsp3) is 0.744. The molecular formula is C43H75NO8. The van der Waals surface area contributed by atoms with Gasteiger partial charge in [0.1, 0.15) is 24.4 Å². The van der Waals surface area contributed by atoms with Crippen LogP contribution >= 0.6 is 0 Å². The lowest BCUT2D eigenvalue weighted by atomic mass is 9.99. The number of hydrogen-bond donors (Lipinski definition) is 6. The van der Waals surface area contributed by atoms with Crippen LogP contribution in [0.2, 0.25) is 0 Å². The highest BCUT2D eigenvalue weighted by molar-refractivity contribution is 5.76. The average molecular weight is 734 g/mol. The summed E-state index contributed by atoms with van der Waals surface area (Å²) in [4.78, 5) is 12.8. The van der Waals surface area contributed by atoms with Gasteiger partial charge in [-0.2, -0.15) is 0 Å². The molecule has 9 heteroatoms. The fourth-order valence-corrected chi connectivity index (χ4v) is 6.05. The van der Waals surface area contributed by atoms with E-state index in [4.69, 9.17) is 9.47 Å². The number of aliphatic hydroxyl groups excluding tert-OH is 5. The molecule has 1 heterocycles. The van der Waals surface area contributed by atoms with Crippen molar-refractivity contribution in [1.29, 1.82) is 0 Å². The molecule has 300 valence electrons. The average Bonchev–Trinajstić information content (AvgIpc) is 3.14. The molecule has 1 saturated heterocycles. The maximum Gasteiger partial charge on any atom is 0.220 e. The lowest BCUT2D eigenvalue weighted by Gasteiger charge is -2.40. The van der Waals surface area contributed by atoms with Crippen LogP contribution < -0.4 is 5.32 Å². The minimum absolute atomic E-state index is 0.219. The molecule has 9 nitrogen and oxygen atoms in total. The van der Waals surface area contributed by atoms with Gasteiger partial charge < -0.3 is 40.3 Å². The molecule has 1 aliphatic heterocycles. The maximum atomic E-state index is 12.8. The van der Waals surface area contributed by atoms with Gasteiger partial charge in [-0.25, -0.2) is 0 Å². The Morgan fingerprint density at radius 3 is 1.73 bits per heavy atom. The molecule has 0 saturated carbocycles. The van der Waals surface area contributed by atoms with E-state index >= 15 is 0 Å². The largest absolute Gasteiger partial charge is 0.394 e. The summed E-state index contributed by atoms with van der Waals surface area (Å²) in [6, 6.07) is -0.843. The molecule has 7 atom stereocenters. The minimum Gasteiger partial charge on any atom is -0.394 e. The summed E-state index contributed by atoms with van der Waals surface area (Å²) in [6.45, 7) is 3.58. The first-order valence-electron chi connectivity index (χ1n) is 20.5. The van der Waals surface area contributed by atoms with Gasteiger partial charge in [-0.3, -0.25) is 4.79 Å². The first-order chi connectivity index (χ1) is 25.3. The molecule has 6 N–H and O–H groups in total. The highest BCUT2D eigenvalue weighted by Crippen LogP contribution is 2.22. The molecule has 0 aliphatic carbocycles. The van der Waals surface area contributed by atoms with Gasteiger partial charge in [0.05, 0.1) is 25.4 Å². The summed E-state index contributed by atoms with van der Waals surface area (Å²) in [5, 5.41) is 53.9. The Morgan fingerprint density at radius 2 is 1.19 bits per heavy atom. The van der Waals surface area contributed by atoms with Crippen molar-refractivity contribution in [2.45, 2.75) is 192 Å². The number of carbonyl (C=O) groups is 1. The molecule has 1 rings (SSSR count). The first kappa shape index (κ1) is 47.9. The number of carbonyl (C=O) groups excluding carboxylic acids is 1. The molecule has 1 amide bonds. The Hall–Kier alpha value is -2.11. The molecule has 7 unspecified atom stereocenters. The van der Waals surface area contributed by atoms with Crippen molar-refractivity contribution in [3.8, 4) is 0 Å². The van der Waals surface area contributed by atoms with Crippen molar-refractivity contribution >= 4 is 5.91 Å². The zero-order chi connectivity index (χ0) is 38.1. The van der Waals surface area contributed by atoms with E-state index in [1.165, 1.54) is 77.0 Å². The third-order valence-corrected chi connectivity index (χ3v) is 9.36. The van der Waals surface area contributed by atoms with Crippen molar-refractivity contribution in [2.75, 3.05) is 13.2 Å². The van der Waals surface area contributed by atoms with E-state index in [-0.39, 0.29) is 18.9 Å². The lowest BCUT2D eigenvalue weighted by Crippen LogP contribution is -2.60. The van der Waals surface area contributed by atoms with Crippen molar-refractivity contribution < 1.29 is 39.8 Å². The Labute approximate surface area is 316 Å². The second kappa shape index (κ2) is 33.5. The Morgan fingerprint density at radius 1 is 0.673 bits per heavy atom. The highest BCUT2D eigenvalue weighted by Gasteiger charge is 2.44. The van der Waals surface area contributed by atoms with E-state index in [2.05, 4.69) is 55.6 Å². The van der Waals surface area contributed by atoms with Gasteiger partial charge >= 0.3 is 0 Å². The Kier molecular flexibility index (Phi) is 30.8. The fourth-order valence-electron chi connectivity index (χ4n) is 6.05. The van der Waals surface area contributed by atoms with Gasteiger partial charge in [0.25, 0.3) is 0 Å². The topological polar surface area (TPSA) is 149 Å². The summed E-state index contributed by atoms with van der Waals surface area (Å²) < 4.78 is 11.1. The van der Waals surface area contributed by atoms with Crippen molar-refractivity contribution in [1.82, 2.24) is 5.32 Å². The van der Waals surface area contributed by atoms with Gasteiger partial charge in [0, 0.05) is 6.42 Å². The van der Waals surface area contributed by atoms with E-state index in [0.29, 0.717) is 6.42 Å². The standard InChI is InChI=1S/C43H75NO8/c1-3-5-7-9-11-13-15-17-18-19-21-22-24-26-28-30-32-37(46)36(35-51-43-42(50)41(49)40(48)38(34-45)52-43)44-39(47)33-31-29-27-25-23-20-16-14-12-10-8-6-4-2/h6,8,12,14,20,23,27,29-30,32,36-38,40-43,45-46,48-50H,3-5,7,9-11,13,15-19,21-22,24-26,28,31,33-35H2,1-2H3,(H,44,47)/b8-6-,14-12-,23-20-,29-27-,32-30+. The summed E-state index contributed by atoms with van der Waals surface area (Å²) in [5.41, 5.74) is 0. The molecule has 0 aromatic heterocycles. The van der Waals surface area contributed by atoms with Gasteiger partial charge in [0.2, 0.25) is 5.91 Å². The van der Waals surface area contributed by atoms with E-state index in [0.717, 1.165) is 44.9 Å². The number of nitrogens with one attached hydrogen (secondary N) is 1. The molecule has 0 aromatic rings. The zero-order valence-corrected chi connectivity index (χ0v) is 32.5. The summed E-state index contributed by atoms with van der Waals surface area (Å²) in [7, 11) is 0. The summed E-state index contributed by atoms with van der Waals surface area (Å²) in [5.74, 6) is -0.260. The van der Waals surface area contributed by atoms with Crippen molar-refractivity contribution in [3.05, 3.63) is 60.8 Å². The lowest BCUT2D eigenvalue weighted by molar-refractivity contribution is -0.302. The monoisotopic (exact) mass is 734 g/mol. The SMILES string of the molecule is CC/C=C\C/C=C\C/C=C\C/C=C\CCC(=O)NC(COC1OC(CO)C(O)C(O)C1O)C(O)/C=C/CCCCCCCCCCCCCCCC. The molecule has 0 aromatic carbocycles. The number of aliphatic hydroxyl groups is 5. The van der Waals surface area contributed by atoms with Crippen LogP contribution in [0.5, 0.6) is 0 Å². The third kappa shape index (κ3) is 24.3. The number of unbranched alkanes of at least 4 members (excludes halogenated alkanes) is 14. The van der Waals surface area contributed by atoms with E-state index in [1.807, 2.05) is 18.2 Å². The molecule has 52 heavy (non-hydrogen) atoms.